The molecule has 17 heavy (non-hydrogen) atoms. The van der Waals surface area contributed by atoms with Crippen LogP contribution in [0.3, 0.4) is 0 Å². The Morgan fingerprint density at radius 1 is 1.59 bits per heavy atom. The van der Waals surface area contributed by atoms with E-state index in [4.69, 9.17) is 9.84 Å². The number of carbonyl (C=O) groups is 1. The van der Waals surface area contributed by atoms with Gasteiger partial charge < -0.3 is 14.9 Å². The van der Waals surface area contributed by atoms with Crippen LogP contribution in [0.4, 0.5) is 0 Å². The van der Waals surface area contributed by atoms with Gasteiger partial charge in [-0.1, -0.05) is 6.92 Å². The summed E-state index contributed by atoms with van der Waals surface area (Å²) in [6.07, 6.45) is 2.29. The van der Waals surface area contributed by atoms with E-state index in [0.717, 1.165) is 5.56 Å². The van der Waals surface area contributed by atoms with Gasteiger partial charge in [0.1, 0.15) is 0 Å². The molecule has 0 radical (unpaired) electrons. The van der Waals surface area contributed by atoms with Gasteiger partial charge in [-0.25, -0.2) is 4.98 Å². The third-order valence-electron chi connectivity index (χ3n) is 2.76. The molecule has 0 amide bonds. The molecule has 5 heteroatoms. The van der Waals surface area contributed by atoms with Crippen LogP contribution in [0.25, 0.3) is 0 Å². The third kappa shape index (κ3) is 3.17. The molecular weight excluding hydrogens is 222 g/mol. The maximum atomic E-state index is 10.8. The number of aliphatic hydroxyl groups is 1. The van der Waals surface area contributed by atoms with Crippen molar-refractivity contribution in [1.82, 2.24) is 4.98 Å². The third-order valence-corrected chi connectivity index (χ3v) is 2.76. The number of aliphatic carboxylic acids is 1. The van der Waals surface area contributed by atoms with Gasteiger partial charge in [-0.2, -0.15) is 0 Å². The lowest BCUT2D eigenvalue weighted by atomic mass is 9.90. The topological polar surface area (TPSA) is 79.7 Å². The number of aliphatic hydroxyl groups excluding tert-OH is 1. The van der Waals surface area contributed by atoms with Crippen molar-refractivity contribution >= 4 is 5.97 Å². The van der Waals surface area contributed by atoms with Crippen molar-refractivity contribution in [2.75, 3.05) is 7.11 Å². The fourth-order valence-electron chi connectivity index (χ4n) is 1.89. The predicted octanol–water partition coefficient (Wildman–Crippen LogP) is 1.55. The number of pyridine rings is 1. The summed E-state index contributed by atoms with van der Waals surface area (Å²) in [6.45, 7) is 1.71. The highest BCUT2D eigenvalue weighted by molar-refractivity contribution is 5.68. The Hall–Kier alpha value is -1.62. The molecule has 1 aromatic heterocycles. The van der Waals surface area contributed by atoms with E-state index in [-0.39, 0.29) is 18.9 Å². The average molecular weight is 239 g/mol. The van der Waals surface area contributed by atoms with Crippen LogP contribution in [0.1, 0.15) is 36.8 Å². The molecule has 0 bridgehead atoms. The van der Waals surface area contributed by atoms with Gasteiger partial charge in [0.15, 0.2) is 0 Å². The molecule has 0 unspecified atom stereocenters. The van der Waals surface area contributed by atoms with Crippen molar-refractivity contribution in [3.63, 3.8) is 0 Å². The van der Waals surface area contributed by atoms with Crippen LogP contribution >= 0.6 is 0 Å². The van der Waals surface area contributed by atoms with E-state index >= 15 is 0 Å². The van der Waals surface area contributed by atoms with Crippen LogP contribution in [0.2, 0.25) is 0 Å². The lowest BCUT2D eigenvalue weighted by Gasteiger charge is -2.17. The number of hydrogen-bond acceptors (Lipinski definition) is 4. The first-order valence-electron chi connectivity index (χ1n) is 5.48. The Balaban J connectivity index is 3.13. The zero-order valence-corrected chi connectivity index (χ0v) is 10.0. The van der Waals surface area contributed by atoms with E-state index in [1.807, 2.05) is 6.92 Å². The smallest absolute Gasteiger partial charge is 0.303 e. The highest BCUT2D eigenvalue weighted by atomic mass is 16.5. The summed E-state index contributed by atoms with van der Waals surface area (Å²) < 4.78 is 5.06. The largest absolute Gasteiger partial charge is 0.481 e. The second-order valence-electron chi connectivity index (χ2n) is 3.75. The van der Waals surface area contributed by atoms with E-state index in [2.05, 4.69) is 4.98 Å². The lowest BCUT2D eigenvalue weighted by Crippen LogP contribution is -2.09. The van der Waals surface area contributed by atoms with Crippen LogP contribution in [-0.2, 0) is 11.4 Å². The zero-order valence-electron chi connectivity index (χ0n) is 10.0. The van der Waals surface area contributed by atoms with Crippen LogP contribution in [0.15, 0.2) is 12.3 Å². The molecule has 0 spiro atoms. The number of carboxylic acid groups (broad SMARTS) is 1. The molecule has 0 saturated carbocycles. The fraction of sp³-hybridized carbons (Fsp3) is 0.500. The molecule has 94 valence electrons. The molecule has 0 fully saturated rings. The molecule has 2 N–H and O–H groups in total. The molecule has 1 atom stereocenters. The minimum Gasteiger partial charge on any atom is -0.481 e. The Labute approximate surface area is 100 Å². The van der Waals surface area contributed by atoms with Gasteiger partial charge in [0.25, 0.3) is 0 Å². The van der Waals surface area contributed by atoms with E-state index in [0.29, 0.717) is 17.9 Å². The number of rotatable bonds is 6. The van der Waals surface area contributed by atoms with Crippen molar-refractivity contribution in [2.45, 2.75) is 32.3 Å². The number of hydrogen-bond donors (Lipinski definition) is 2. The first-order valence-corrected chi connectivity index (χ1v) is 5.48. The van der Waals surface area contributed by atoms with Gasteiger partial charge in [0.05, 0.1) is 20.1 Å². The molecule has 1 aromatic rings. The molecule has 1 rings (SSSR count). The number of aromatic nitrogens is 1. The number of methoxy groups -OCH3 is 1. The lowest BCUT2D eigenvalue weighted by molar-refractivity contribution is -0.137. The van der Waals surface area contributed by atoms with Crippen LogP contribution in [0.5, 0.6) is 5.88 Å². The van der Waals surface area contributed by atoms with Crippen molar-refractivity contribution in [3.8, 4) is 5.88 Å². The Kier molecular flexibility index (Phi) is 4.90. The van der Waals surface area contributed by atoms with Crippen molar-refractivity contribution < 1.29 is 19.7 Å². The summed E-state index contributed by atoms with van der Waals surface area (Å²) in [5.41, 5.74) is 1.37. The molecule has 5 nitrogen and oxygen atoms in total. The quantitative estimate of drug-likeness (QED) is 0.787. The van der Waals surface area contributed by atoms with Gasteiger partial charge in [-0.05, 0) is 24.0 Å². The van der Waals surface area contributed by atoms with Crippen molar-refractivity contribution in [3.05, 3.63) is 23.4 Å². The minimum atomic E-state index is -0.850. The van der Waals surface area contributed by atoms with E-state index in [9.17, 15) is 9.90 Å². The monoisotopic (exact) mass is 239 g/mol. The molecule has 0 aliphatic carbocycles. The Bertz CT molecular complexity index is 392. The summed E-state index contributed by atoms with van der Waals surface area (Å²) in [5.74, 6) is -0.628. The molecular formula is C12H17NO4. The average Bonchev–Trinajstić information content (AvgIpc) is 2.34. The number of carboxylic acids is 1. The van der Waals surface area contributed by atoms with E-state index < -0.39 is 5.97 Å². The molecule has 0 aromatic carbocycles. The second-order valence-corrected chi connectivity index (χ2v) is 3.75. The maximum Gasteiger partial charge on any atom is 0.303 e. The summed E-state index contributed by atoms with van der Waals surface area (Å²) in [4.78, 5) is 14.8. The summed E-state index contributed by atoms with van der Waals surface area (Å²) in [5, 5.41) is 18.2. The SMILES string of the molecule is CC[C@@H](CC(=O)O)c1ccnc(OC)c1CO. The fourth-order valence-corrected chi connectivity index (χ4v) is 1.89. The number of nitrogens with zero attached hydrogens (tertiary/aromatic N) is 1. The second kappa shape index (κ2) is 6.20. The van der Waals surface area contributed by atoms with Gasteiger partial charge in [-0.15, -0.1) is 0 Å². The van der Waals surface area contributed by atoms with Gasteiger partial charge >= 0.3 is 5.97 Å². The standard InChI is InChI=1S/C12H17NO4/c1-3-8(6-11(15)16)9-4-5-13-12(17-2)10(9)7-14/h4-5,8,14H,3,6-7H2,1-2H3,(H,15,16)/t8-/m0/s1. The first kappa shape index (κ1) is 13.4. The van der Waals surface area contributed by atoms with E-state index in [1.165, 1.54) is 7.11 Å². The Morgan fingerprint density at radius 3 is 2.76 bits per heavy atom. The Morgan fingerprint density at radius 2 is 2.29 bits per heavy atom. The van der Waals surface area contributed by atoms with Crippen LogP contribution < -0.4 is 4.74 Å². The van der Waals surface area contributed by atoms with Crippen LogP contribution in [-0.4, -0.2) is 28.3 Å². The molecule has 0 saturated heterocycles. The van der Waals surface area contributed by atoms with Gasteiger partial charge in [0, 0.05) is 11.8 Å². The minimum absolute atomic E-state index is 0.0384. The highest BCUT2D eigenvalue weighted by Gasteiger charge is 2.19. The molecule has 0 aliphatic rings. The summed E-state index contributed by atoms with van der Waals surface area (Å²) >= 11 is 0. The van der Waals surface area contributed by atoms with Gasteiger partial charge in [0.2, 0.25) is 5.88 Å². The number of ether oxygens (including phenoxy) is 1. The first-order chi connectivity index (χ1) is 8.13. The highest BCUT2D eigenvalue weighted by Crippen LogP contribution is 2.30. The zero-order chi connectivity index (χ0) is 12.8. The predicted molar refractivity (Wildman–Crippen MR) is 62.0 cm³/mol. The molecule has 0 aliphatic heterocycles. The maximum absolute atomic E-state index is 10.8. The van der Waals surface area contributed by atoms with Crippen LogP contribution in [0, 0.1) is 0 Å². The summed E-state index contributed by atoms with van der Waals surface area (Å²) in [7, 11) is 1.48. The molecule has 1 heterocycles. The normalized spacial score (nSPS) is 12.2. The van der Waals surface area contributed by atoms with Crippen molar-refractivity contribution in [2.24, 2.45) is 0 Å². The van der Waals surface area contributed by atoms with Gasteiger partial charge in [-0.3, -0.25) is 4.79 Å². The van der Waals surface area contributed by atoms with Crippen molar-refractivity contribution in [1.29, 1.82) is 0 Å². The van der Waals surface area contributed by atoms with E-state index in [1.54, 1.807) is 12.3 Å². The summed E-state index contributed by atoms with van der Waals surface area (Å²) in [6, 6.07) is 1.74.